The van der Waals surface area contributed by atoms with Crippen LogP contribution < -0.4 is 54.5 Å². The van der Waals surface area contributed by atoms with Crippen molar-refractivity contribution in [1.29, 1.82) is 0 Å². The maximum Gasteiger partial charge on any atom is 0.248 e. The van der Waals surface area contributed by atoms with Gasteiger partial charge in [0.25, 0.3) is 0 Å². The van der Waals surface area contributed by atoms with Crippen molar-refractivity contribution in [2.75, 3.05) is 0 Å². The molecule has 0 saturated carbocycles. The number of fused-ring (bicyclic) bond motifs is 14. The predicted molar refractivity (Wildman–Crippen MR) is 374 cm³/mol. The summed E-state index contributed by atoms with van der Waals surface area (Å²) in [5, 5.41) is 61.2. The van der Waals surface area contributed by atoms with E-state index < -0.39 is 129 Å². The number of hydrogen-bond acceptors (Lipinski definition) is 26. The van der Waals surface area contributed by atoms with Gasteiger partial charge >= 0.3 is 0 Å². The number of thiol groups is 2. The van der Waals surface area contributed by atoms with Crippen LogP contribution >= 0.6 is 24.6 Å². The fourth-order valence-corrected chi connectivity index (χ4v) is 16.2. The van der Waals surface area contributed by atoms with E-state index in [9.17, 15) is 30.0 Å². The van der Waals surface area contributed by atoms with Crippen LogP contribution in [0.2, 0.25) is 0 Å². The maximum atomic E-state index is 16.2. The summed E-state index contributed by atoms with van der Waals surface area (Å²) in [6, 6.07) is 14.3. The van der Waals surface area contributed by atoms with Crippen LogP contribution in [0.5, 0.6) is 69.0 Å². The molecule has 7 aromatic rings. The molecule has 6 aliphatic heterocycles. The Morgan fingerprint density at radius 3 is 1.65 bits per heavy atom. The number of benzene rings is 7. The second-order valence-corrected chi connectivity index (χ2v) is 36.7. The van der Waals surface area contributed by atoms with Gasteiger partial charge in [0.05, 0.1) is 17.3 Å². The van der Waals surface area contributed by atoms with E-state index in [1.807, 2.05) is 0 Å². The molecule has 0 radical (unpaired) electrons. The summed E-state index contributed by atoms with van der Waals surface area (Å²) in [7, 11) is -3.57. The van der Waals surface area contributed by atoms with Crippen LogP contribution in [-0.4, -0.2) is 74.2 Å². The molecule has 95 heavy (non-hydrogen) atoms. The van der Waals surface area contributed by atoms with E-state index in [0.717, 1.165) is 12.1 Å². The second kappa shape index (κ2) is 27.8. The smallest absolute Gasteiger partial charge is 0.248 e. The molecule has 23 nitrogen and oxygen atoms in total. The number of phenols is 4. The normalized spacial score (nSPS) is 21.9. The Kier molecular flexibility index (Phi) is 20.1. The summed E-state index contributed by atoms with van der Waals surface area (Å²) >= 11 is 42.2. The topological polar surface area (TPSA) is 328 Å². The Morgan fingerprint density at radius 2 is 1.04 bits per heavy atom. The first-order chi connectivity index (χ1) is 45.1. The van der Waals surface area contributed by atoms with Crippen LogP contribution in [0.15, 0.2) is 115 Å². The summed E-state index contributed by atoms with van der Waals surface area (Å²) in [6.07, 6.45) is -4.42. The Balaban J connectivity index is 1.19. The molecule has 0 saturated heterocycles. The van der Waals surface area contributed by atoms with Gasteiger partial charge in [-0.25, -0.2) is 53.0 Å². The van der Waals surface area contributed by atoms with Crippen LogP contribution in [0.4, 0.5) is 0 Å². The minimum atomic E-state index is -3.14. The fourth-order valence-electron chi connectivity index (χ4n) is 11.3. The Bertz CT molecular complexity index is 4680. The molecular formula is C61H50N6O17S11-2. The molecule has 0 aliphatic carbocycles. The number of hydrogen-bond donors (Lipinski definition) is 12. The van der Waals surface area contributed by atoms with Crippen LogP contribution in [-0.2, 0) is 128 Å². The van der Waals surface area contributed by atoms with Crippen LogP contribution in [0.1, 0.15) is 98.4 Å². The van der Waals surface area contributed by atoms with Crippen molar-refractivity contribution in [3.8, 4) is 80.1 Å². The molecule has 6 aliphatic rings. The molecule has 0 aromatic heterocycles. The van der Waals surface area contributed by atoms with E-state index in [1.165, 1.54) is 124 Å². The standard InChI is InChI=1S/C61H50N6O17S11/c1-24-29-8-15-40(70)43(17-29)81-34-20-35(25(2)41(71)21-34)49-59(76)64-48-31-18-44(54(82-85)45(19-31)80-33-12-6-28(7-13-33)55(95(90,91)92)51(61(78)65-49)67-56(24)73)79-32-10-4-27(5-11-32)53(84-94(88)89)50-60(77)62-38(23-68)36-22-42(72)26(3)52(83-93(86)87)46(36)37-16-30(9-14-39(37)69)47(57(74)66-50)63-58(48)75/h4-24,38,47-51,53,55,69-72,85H,1-3H3,(H,62,77)(H,63,75)(H,64,76)(H,65,78)(H,66,74)(H,67,73)(H,90,91,92)/q-2. The zero-order chi connectivity index (χ0) is 68.2. The van der Waals surface area contributed by atoms with Gasteiger partial charge < -0.3 is 83.9 Å². The van der Waals surface area contributed by atoms with E-state index in [2.05, 4.69) is 44.8 Å². The SMILES string of the molecule is Cc1c(O)cc2cc1C1NC(=O)C(NC(=O)C(C)c3ccc(O)c(c3)O2)C(S(=S)(=S)S)c2ccc(cc2)Oc2cc3cc(c2OS)Oc2ccc(cc2)C(O[S-](=S)=S)C2NC(=O)C(NC(=O)C3NC1=O)c1ccc(O)c(c1)-c1c(cc(O)c(C)c1O[S-](=S)=S)C(C=O)NC2=O. The minimum Gasteiger partial charge on any atom is -0.576 e. The molecule has 0 spiro atoms. The summed E-state index contributed by atoms with van der Waals surface area (Å²) in [5.74, 6) is -10.6. The van der Waals surface area contributed by atoms with Gasteiger partial charge in [-0.3, -0.25) is 28.8 Å². The summed E-state index contributed by atoms with van der Waals surface area (Å²) in [4.78, 5) is 107. The van der Waals surface area contributed by atoms with Gasteiger partial charge in [-0.15, -0.1) is 11.7 Å². The monoisotopic (exact) mass is 1490 g/mol. The van der Waals surface area contributed by atoms with Gasteiger partial charge in [0.15, 0.2) is 23.0 Å². The number of amides is 6. The van der Waals surface area contributed by atoms with Crippen LogP contribution in [0.3, 0.4) is 0 Å². The summed E-state index contributed by atoms with van der Waals surface area (Å²) < 4.78 is 37.1. The number of carbonyl (C=O) groups is 7. The molecule has 10 N–H and O–H groups in total. The van der Waals surface area contributed by atoms with Gasteiger partial charge in [0, 0.05) is 35.7 Å². The molecule has 9 unspecified atom stereocenters. The van der Waals surface area contributed by atoms with E-state index in [0.29, 0.717) is 11.8 Å². The van der Waals surface area contributed by atoms with Gasteiger partial charge in [-0.05, 0) is 167 Å². The lowest BCUT2D eigenvalue weighted by Gasteiger charge is -2.34. The number of aromatic hydroxyl groups is 4. The maximum absolute atomic E-state index is 16.2. The highest BCUT2D eigenvalue weighted by molar-refractivity contribution is 8.93. The molecule has 494 valence electrons. The first-order valence-corrected chi connectivity index (χ1v) is 38.9. The number of ether oxygens (including phenoxy) is 3. The lowest BCUT2D eigenvalue weighted by atomic mass is 9.88. The van der Waals surface area contributed by atoms with Gasteiger partial charge in [0.1, 0.15) is 82.8 Å². The molecule has 7 aromatic carbocycles. The summed E-state index contributed by atoms with van der Waals surface area (Å²) in [6.45, 7) is 4.37. The average molecular weight is 1490 g/mol. The third-order valence-electron chi connectivity index (χ3n) is 16.1. The third kappa shape index (κ3) is 14.1. The molecule has 0 fully saturated rings. The Hall–Kier alpha value is -7.74. The van der Waals surface area contributed by atoms with Crippen molar-refractivity contribution >= 4 is 156 Å². The number of phenolic OH excluding ortho intramolecular Hbond substituents is 4. The highest BCUT2D eigenvalue weighted by Crippen LogP contribution is 2.49. The van der Waals surface area contributed by atoms with Crippen molar-refractivity contribution in [3.63, 3.8) is 0 Å². The van der Waals surface area contributed by atoms with E-state index in [1.54, 1.807) is 0 Å². The number of carbonyl (C=O) groups excluding carboxylic acids is 7. The van der Waals surface area contributed by atoms with Crippen molar-refractivity contribution < 1.29 is 80.7 Å². The van der Waals surface area contributed by atoms with Crippen molar-refractivity contribution in [3.05, 3.63) is 165 Å². The minimum absolute atomic E-state index is 0.0214. The average Bonchev–Trinajstić information content (AvgIpc) is 0.765. The highest BCUT2D eigenvalue weighted by Gasteiger charge is 2.43. The fraction of sp³-hybridized carbons (Fsp3) is 0.197. The van der Waals surface area contributed by atoms with Crippen molar-refractivity contribution in [2.45, 2.75) is 74.3 Å². The van der Waals surface area contributed by atoms with E-state index >= 15 is 24.0 Å². The molecule has 34 heteroatoms. The third-order valence-corrected chi connectivity index (χ3v) is 21.0. The largest absolute Gasteiger partial charge is 0.576 e. The zero-order valence-corrected chi connectivity index (χ0v) is 58.0. The second-order valence-electron chi connectivity index (χ2n) is 21.9. The van der Waals surface area contributed by atoms with Gasteiger partial charge in [-0.2, -0.15) is 8.29 Å². The first-order valence-electron chi connectivity index (χ1n) is 28.0. The zero-order valence-electron chi connectivity index (χ0n) is 48.9. The van der Waals surface area contributed by atoms with E-state index in [4.69, 9.17) is 106 Å². The van der Waals surface area contributed by atoms with Crippen LogP contribution in [0.25, 0.3) is 11.1 Å². The van der Waals surface area contributed by atoms with Gasteiger partial charge in [-0.1, -0.05) is 36.4 Å². The molecule has 13 rings (SSSR count). The summed E-state index contributed by atoms with van der Waals surface area (Å²) in [5.41, 5.74) is -0.292. The number of rotatable bonds is 7. The molecule has 6 heterocycles. The first kappa shape index (κ1) is 68.6. The Morgan fingerprint density at radius 1 is 0.516 bits per heavy atom. The van der Waals surface area contributed by atoms with Gasteiger partial charge in [0.2, 0.25) is 41.2 Å². The molecule has 9 atom stereocenters. The quantitative estimate of drug-likeness (QED) is 0.0250. The van der Waals surface area contributed by atoms with Crippen molar-refractivity contribution in [1.82, 2.24) is 31.9 Å². The lowest BCUT2D eigenvalue weighted by molar-refractivity contribution is -0.136. The van der Waals surface area contributed by atoms with Crippen LogP contribution in [0, 0.1) is 13.8 Å². The number of aldehydes is 1. The number of nitrogens with one attached hydrogen (secondary N) is 6. The molecular weight excluding hydrogens is 1440 g/mol. The lowest BCUT2D eigenvalue weighted by Crippen LogP contribution is -2.55. The Labute approximate surface area is 583 Å². The van der Waals surface area contributed by atoms with Crippen molar-refractivity contribution in [2.24, 2.45) is 0 Å². The molecule has 17 bridgehead atoms. The predicted octanol–water partition coefficient (Wildman–Crippen LogP) is 7.06. The van der Waals surface area contributed by atoms with E-state index in [-0.39, 0.29) is 107 Å². The molecule has 6 amide bonds. The highest BCUT2D eigenvalue weighted by atomic mass is 33.5.